The van der Waals surface area contributed by atoms with Crippen LogP contribution >= 0.6 is 39.1 Å². The number of alkyl halides is 3. The first-order valence-corrected chi connectivity index (χ1v) is 11.1. The summed E-state index contributed by atoms with van der Waals surface area (Å²) in [6, 6.07) is 4.47. The van der Waals surface area contributed by atoms with Gasteiger partial charge in [-0.15, -0.1) is 0 Å². The van der Waals surface area contributed by atoms with Gasteiger partial charge < -0.3 is 14.2 Å². The molecule has 10 heteroatoms. The van der Waals surface area contributed by atoms with Crippen LogP contribution in [-0.2, 0) is 16.0 Å². The van der Waals surface area contributed by atoms with Crippen LogP contribution < -0.4 is 14.5 Å². The topological polar surface area (TPSA) is 58.9 Å². The standard InChI is InChI=1S/C20H18BrCl2F2NO4/c21-7-19(27)29-17(6-13-14(22)8-26-9-15(13)23)12-3-4-16(30-20(24)25)18(5-12)28-10-11-1-2-11/h3-5,8-9,11,17,20H,1-2,6-7,10H2/p+1/t17-/m0/s1. The van der Waals surface area contributed by atoms with Gasteiger partial charge in [0.15, 0.2) is 23.9 Å². The number of benzene rings is 1. The molecule has 3 rings (SSSR count). The second-order valence-corrected chi connectivity index (χ2v) is 8.16. The third-order valence-corrected chi connectivity index (χ3v) is 5.63. The zero-order valence-corrected chi connectivity index (χ0v) is 18.8. The lowest BCUT2D eigenvalue weighted by molar-refractivity contribution is -0.377. The summed E-state index contributed by atoms with van der Waals surface area (Å²) >= 11 is 15.6. The Morgan fingerprint density at radius 1 is 1.20 bits per heavy atom. The molecule has 162 valence electrons. The van der Waals surface area contributed by atoms with Crippen LogP contribution in [0.25, 0.3) is 0 Å². The minimum Gasteiger partial charge on any atom is -0.489 e. The molecule has 1 aliphatic rings. The van der Waals surface area contributed by atoms with Gasteiger partial charge in [0.05, 0.1) is 6.61 Å². The monoisotopic (exact) mass is 524 g/mol. The third kappa shape index (κ3) is 6.43. The van der Waals surface area contributed by atoms with E-state index in [0.29, 0.717) is 33.7 Å². The highest BCUT2D eigenvalue weighted by Gasteiger charge is 2.26. The average molecular weight is 526 g/mol. The molecule has 0 bridgehead atoms. The number of carbonyl (C=O) groups excluding carboxylic acids is 1. The van der Waals surface area contributed by atoms with Gasteiger partial charge in [0.1, 0.15) is 21.5 Å². The van der Waals surface area contributed by atoms with E-state index < -0.39 is 18.7 Å². The van der Waals surface area contributed by atoms with E-state index in [2.05, 4.69) is 25.7 Å². The van der Waals surface area contributed by atoms with Crippen LogP contribution in [0.15, 0.2) is 30.6 Å². The van der Waals surface area contributed by atoms with E-state index in [0.717, 1.165) is 12.8 Å². The summed E-state index contributed by atoms with van der Waals surface area (Å²) in [5.41, 5.74) is 1.12. The molecule has 1 aromatic heterocycles. The van der Waals surface area contributed by atoms with Crippen LogP contribution in [0, 0.1) is 5.92 Å². The van der Waals surface area contributed by atoms with E-state index in [4.69, 9.17) is 32.7 Å². The molecule has 0 saturated heterocycles. The summed E-state index contributed by atoms with van der Waals surface area (Å²) in [7, 11) is 0. The maximum Gasteiger partial charge on any atom is 0.387 e. The number of esters is 1. The highest BCUT2D eigenvalue weighted by Crippen LogP contribution is 2.37. The first-order chi connectivity index (χ1) is 14.4. The number of ether oxygens (including phenoxy) is 3. The largest absolute Gasteiger partial charge is 0.489 e. The number of hydrogen-bond donors (Lipinski definition) is 0. The number of carbonyl (C=O) groups is 1. The van der Waals surface area contributed by atoms with E-state index in [-0.39, 0.29) is 23.2 Å². The van der Waals surface area contributed by atoms with Crippen LogP contribution in [0.5, 0.6) is 11.5 Å². The van der Waals surface area contributed by atoms with Crippen molar-refractivity contribution in [3.8, 4) is 11.5 Å². The van der Waals surface area contributed by atoms with E-state index in [1.165, 1.54) is 6.07 Å². The molecule has 0 radical (unpaired) electrons. The van der Waals surface area contributed by atoms with Crippen LogP contribution in [0.4, 0.5) is 8.78 Å². The smallest absolute Gasteiger partial charge is 0.387 e. The highest BCUT2D eigenvalue weighted by atomic mass is 79.9. The molecular formula is C20H19BrCl2F2NO4+. The minimum absolute atomic E-state index is 0.00878. The number of nitrogens with one attached hydrogen (secondary N) is 1. The van der Waals surface area contributed by atoms with Crippen molar-refractivity contribution in [3.63, 3.8) is 0 Å². The Morgan fingerprint density at radius 3 is 2.50 bits per heavy atom. The SMILES string of the molecule is O=C(CBr)O[C@@H](Cc1c(Cl)c[nH+]cc1Cl)c1ccc(OC(F)F)c(OCC2CC2)c1. The number of rotatable bonds is 10. The Kier molecular flexibility index (Phi) is 8.13. The molecular weight excluding hydrogens is 507 g/mol. The van der Waals surface area contributed by atoms with Crippen molar-refractivity contribution in [3.05, 3.63) is 51.8 Å². The Bertz CT molecular complexity index is 879. The molecule has 1 saturated carbocycles. The Labute approximate surface area is 190 Å². The van der Waals surface area contributed by atoms with Gasteiger partial charge in [-0.2, -0.15) is 8.78 Å². The van der Waals surface area contributed by atoms with Crippen molar-refractivity contribution in [2.45, 2.75) is 32.0 Å². The molecule has 1 N–H and O–H groups in total. The van der Waals surface area contributed by atoms with Gasteiger partial charge in [0.2, 0.25) is 0 Å². The molecule has 0 unspecified atom stereocenters. The lowest BCUT2D eigenvalue weighted by Crippen LogP contribution is -2.16. The average Bonchev–Trinajstić information content (AvgIpc) is 3.53. The summed E-state index contributed by atoms with van der Waals surface area (Å²) in [5.74, 6) is -0.000113. The van der Waals surface area contributed by atoms with Gasteiger partial charge in [-0.3, -0.25) is 4.79 Å². The molecule has 1 aromatic carbocycles. The van der Waals surface area contributed by atoms with Crippen LogP contribution in [0.1, 0.15) is 30.1 Å². The fraction of sp³-hybridized carbons (Fsp3) is 0.400. The molecule has 1 aliphatic carbocycles. The first kappa shape index (κ1) is 23.0. The summed E-state index contributed by atoms with van der Waals surface area (Å²) in [6.07, 6.45) is 4.63. The molecule has 2 aromatic rings. The minimum atomic E-state index is -2.99. The number of aromatic amines is 1. The fourth-order valence-electron chi connectivity index (χ4n) is 2.80. The normalized spacial score (nSPS) is 14.5. The summed E-state index contributed by atoms with van der Waals surface area (Å²) < 4.78 is 41.4. The van der Waals surface area contributed by atoms with Crippen molar-refractivity contribution < 1.29 is 32.8 Å². The predicted molar refractivity (Wildman–Crippen MR) is 111 cm³/mol. The fourth-order valence-corrected chi connectivity index (χ4v) is 3.46. The number of pyridine rings is 1. The zero-order chi connectivity index (χ0) is 21.7. The quantitative estimate of drug-likeness (QED) is 0.307. The Morgan fingerprint density at radius 2 is 1.90 bits per heavy atom. The van der Waals surface area contributed by atoms with Crippen LogP contribution in [0.3, 0.4) is 0 Å². The summed E-state index contributed by atoms with van der Waals surface area (Å²) in [5, 5.41) is 0.751. The van der Waals surface area contributed by atoms with E-state index in [9.17, 15) is 13.6 Å². The zero-order valence-electron chi connectivity index (χ0n) is 15.7. The predicted octanol–water partition coefficient (Wildman–Crippen LogP) is 5.42. The van der Waals surface area contributed by atoms with Gasteiger partial charge in [-0.25, -0.2) is 4.98 Å². The number of hydrogen-bond acceptors (Lipinski definition) is 4. The molecule has 0 spiro atoms. The van der Waals surface area contributed by atoms with Gasteiger partial charge >= 0.3 is 12.6 Å². The molecule has 1 heterocycles. The van der Waals surface area contributed by atoms with Crippen LogP contribution in [-0.4, -0.2) is 24.5 Å². The second-order valence-electron chi connectivity index (χ2n) is 6.79. The van der Waals surface area contributed by atoms with Gasteiger partial charge in [-0.05, 0) is 36.5 Å². The van der Waals surface area contributed by atoms with Gasteiger partial charge in [0.25, 0.3) is 0 Å². The van der Waals surface area contributed by atoms with Gasteiger partial charge in [0, 0.05) is 12.0 Å². The number of halogens is 5. The lowest BCUT2D eigenvalue weighted by Gasteiger charge is -2.21. The molecule has 5 nitrogen and oxygen atoms in total. The maximum atomic E-state index is 12.8. The Balaban J connectivity index is 1.92. The van der Waals surface area contributed by atoms with Crippen LogP contribution in [0.2, 0.25) is 10.0 Å². The summed E-state index contributed by atoms with van der Waals surface area (Å²) in [6.45, 7) is -2.58. The van der Waals surface area contributed by atoms with Crippen molar-refractivity contribution in [2.75, 3.05) is 11.9 Å². The van der Waals surface area contributed by atoms with Crippen molar-refractivity contribution in [2.24, 2.45) is 5.92 Å². The Hall–Kier alpha value is -1.64. The molecule has 1 fully saturated rings. The molecule has 0 aliphatic heterocycles. The molecule has 0 amide bonds. The maximum absolute atomic E-state index is 12.8. The van der Waals surface area contributed by atoms with E-state index in [1.807, 2.05) is 0 Å². The van der Waals surface area contributed by atoms with E-state index >= 15 is 0 Å². The molecule has 30 heavy (non-hydrogen) atoms. The number of aromatic nitrogens is 1. The third-order valence-electron chi connectivity index (χ3n) is 4.50. The second kappa shape index (κ2) is 10.6. The van der Waals surface area contributed by atoms with Crippen molar-refractivity contribution in [1.82, 2.24) is 0 Å². The van der Waals surface area contributed by atoms with Gasteiger partial charge in [-0.1, -0.05) is 45.2 Å². The van der Waals surface area contributed by atoms with Crippen molar-refractivity contribution >= 4 is 45.1 Å². The van der Waals surface area contributed by atoms with Crippen molar-refractivity contribution in [1.29, 1.82) is 0 Å². The number of H-pyrrole nitrogens is 1. The lowest BCUT2D eigenvalue weighted by atomic mass is 10.0. The molecule has 1 atom stereocenters. The highest BCUT2D eigenvalue weighted by molar-refractivity contribution is 9.09. The van der Waals surface area contributed by atoms with E-state index in [1.54, 1.807) is 24.5 Å². The first-order valence-electron chi connectivity index (χ1n) is 9.18. The summed E-state index contributed by atoms with van der Waals surface area (Å²) in [4.78, 5) is 14.8.